The number of non-ortho nitro benzene ring substituents is 1. The second-order valence-corrected chi connectivity index (χ2v) is 3.61. The van der Waals surface area contributed by atoms with Gasteiger partial charge < -0.3 is 10.2 Å². The minimum absolute atomic E-state index is 0.189. The lowest BCUT2D eigenvalue weighted by atomic mass is 10.1. The van der Waals surface area contributed by atoms with Gasteiger partial charge in [-0.15, -0.1) is 0 Å². The molecule has 1 aromatic rings. The Labute approximate surface area is 99.2 Å². The highest BCUT2D eigenvalue weighted by Crippen LogP contribution is 2.34. The van der Waals surface area contributed by atoms with E-state index in [2.05, 4.69) is 0 Å². The lowest BCUT2D eigenvalue weighted by molar-refractivity contribution is -0.384. The van der Waals surface area contributed by atoms with Gasteiger partial charge in [-0.25, -0.2) is 4.79 Å². The summed E-state index contributed by atoms with van der Waals surface area (Å²) in [7, 11) is 0. The standard InChI is InChI=1S/C8H5Cl2NO5/c9-5-2-3(11(15)16)1-4(6(5)10)7(12)8(13)14/h1-2,7,12H,(H,13,14). The van der Waals surface area contributed by atoms with Crippen molar-refractivity contribution in [3.05, 3.63) is 37.9 Å². The Morgan fingerprint density at radius 3 is 2.44 bits per heavy atom. The van der Waals surface area contributed by atoms with Crippen LogP contribution in [0.1, 0.15) is 11.7 Å². The molecule has 0 bridgehead atoms. The van der Waals surface area contributed by atoms with Gasteiger partial charge in [-0.3, -0.25) is 10.1 Å². The molecule has 0 aromatic heterocycles. The summed E-state index contributed by atoms with van der Waals surface area (Å²) in [5.74, 6) is -1.57. The molecule has 1 atom stereocenters. The van der Waals surface area contributed by atoms with Crippen molar-refractivity contribution in [2.24, 2.45) is 0 Å². The quantitative estimate of drug-likeness (QED) is 0.643. The predicted molar refractivity (Wildman–Crippen MR) is 55.7 cm³/mol. The molecule has 6 nitrogen and oxygen atoms in total. The number of halogens is 2. The van der Waals surface area contributed by atoms with Crippen molar-refractivity contribution in [1.29, 1.82) is 0 Å². The number of aliphatic hydroxyl groups excluding tert-OH is 1. The third-order valence-electron chi connectivity index (χ3n) is 1.78. The number of hydrogen-bond donors (Lipinski definition) is 2. The topological polar surface area (TPSA) is 101 Å². The van der Waals surface area contributed by atoms with Crippen LogP contribution < -0.4 is 0 Å². The largest absolute Gasteiger partial charge is 0.479 e. The van der Waals surface area contributed by atoms with Crippen LogP contribution in [-0.4, -0.2) is 21.1 Å². The Balaban J connectivity index is 3.37. The number of carbonyl (C=O) groups is 1. The monoisotopic (exact) mass is 265 g/mol. The fraction of sp³-hybridized carbons (Fsp3) is 0.125. The number of nitro groups is 1. The van der Waals surface area contributed by atoms with Crippen molar-refractivity contribution in [2.45, 2.75) is 6.10 Å². The molecule has 86 valence electrons. The molecule has 0 spiro atoms. The van der Waals surface area contributed by atoms with Crippen molar-refractivity contribution >= 4 is 34.9 Å². The maximum Gasteiger partial charge on any atom is 0.337 e. The Bertz CT molecular complexity index is 462. The van der Waals surface area contributed by atoms with Crippen molar-refractivity contribution in [2.75, 3.05) is 0 Å². The van der Waals surface area contributed by atoms with Gasteiger partial charge in [0, 0.05) is 17.7 Å². The van der Waals surface area contributed by atoms with Crippen LogP contribution in [-0.2, 0) is 4.79 Å². The summed E-state index contributed by atoms with van der Waals surface area (Å²) >= 11 is 11.2. The average molecular weight is 266 g/mol. The van der Waals surface area contributed by atoms with E-state index < -0.39 is 22.7 Å². The van der Waals surface area contributed by atoms with Crippen LogP contribution in [0.15, 0.2) is 12.1 Å². The van der Waals surface area contributed by atoms with Gasteiger partial charge in [0.25, 0.3) is 5.69 Å². The molecule has 0 amide bonds. The number of nitro benzene ring substituents is 1. The fourth-order valence-corrected chi connectivity index (χ4v) is 1.47. The molecule has 0 fully saturated rings. The van der Waals surface area contributed by atoms with E-state index in [0.29, 0.717) is 0 Å². The van der Waals surface area contributed by atoms with Gasteiger partial charge in [-0.05, 0) is 0 Å². The first-order valence-electron chi connectivity index (χ1n) is 3.88. The van der Waals surface area contributed by atoms with E-state index in [-0.39, 0.29) is 15.6 Å². The van der Waals surface area contributed by atoms with Crippen LogP contribution >= 0.6 is 23.2 Å². The predicted octanol–water partition coefficient (Wildman–Crippen LogP) is 2.02. The summed E-state index contributed by atoms with van der Waals surface area (Å²) < 4.78 is 0. The SMILES string of the molecule is O=C(O)C(O)c1cc([N+](=O)[O-])cc(Cl)c1Cl. The van der Waals surface area contributed by atoms with E-state index in [9.17, 15) is 20.0 Å². The lowest BCUT2D eigenvalue weighted by Crippen LogP contribution is -2.11. The highest BCUT2D eigenvalue weighted by molar-refractivity contribution is 6.42. The molecule has 16 heavy (non-hydrogen) atoms. The zero-order valence-electron chi connectivity index (χ0n) is 7.55. The molecule has 1 aromatic carbocycles. The Morgan fingerprint density at radius 1 is 1.44 bits per heavy atom. The number of nitrogens with zero attached hydrogens (tertiary/aromatic N) is 1. The summed E-state index contributed by atoms with van der Waals surface area (Å²) in [6, 6.07) is 1.84. The van der Waals surface area contributed by atoms with Crippen LogP contribution in [0, 0.1) is 10.1 Å². The van der Waals surface area contributed by atoms with Crippen LogP contribution in [0.3, 0.4) is 0 Å². The fourth-order valence-electron chi connectivity index (χ4n) is 1.03. The number of rotatable bonds is 3. The molecule has 8 heteroatoms. The van der Waals surface area contributed by atoms with Crippen molar-refractivity contribution in [3.63, 3.8) is 0 Å². The lowest BCUT2D eigenvalue weighted by Gasteiger charge is -2.08. The van der Waals surface area contributed by atoms with Crippen LogP contribution in [0.5, 0.6) is 0 Å². The van der Waals surface area contributed by atoms with Gasteiger partial charge >= 0.3 is 5.97 Å². The molecular formula is C8H5Cl2NO5. The van der Waals surface area contributed by atoms with Crippen molar-refractivity contribution in [1.82, 2.24) is 0 Å². The number of benzene rings is 1. The third kappa shape index (κ3) is 2.41. The molecule has 0 heterocycles. The van der Waals surface area contributed by atoms with Gasteiger partial charge in [-0.2, -0.15) is 0 Å². The van der Waals surface area contributed by atoms with Crippen LogP contribution in [0.2, 0.25) is 10.0 Å². The number of hydrogen-bond acceptors (Lipinski definition) is 4. The van der Waals surface area contributed by atoms with Gasteiger partial charge in [-0.1, -0.05) is 23.2 Å². The van der Waals surface area contributed by atoms with Gasteiger partial charge in [0.15, 0.2) is 6.10 Å². The molecule has 1 rings (SSSR count). The molecule has 1 unspecified atom stereocenters. The number of aliphatic hydroxyl groups is 1. The first-order valence-corrected chi connectivity index (χ1v) is 4.64. The first kappa shape index (κ1) is 12.7. The zero-order valence-corrected chi connectivity index (χ0v) is 9.07. The molecule has 0 aliphatic heterocycles. The Hall–Kier alpha value is -1.37. The normalized spacial score (nSPS) is 12.2. The summed E-state index contributed by atoms with van der Waals surface area (Å²) in [5, 5.41) is 27.9. The first-order chi connectivity index (χ1) is 7.34. The summed E-state index contributed by atoms with van der Waals surface area (Å²) in [6.07, 6.45) is -1.95. The van der Waals surface area contributed by atoms with E-state index >= 15 is 0 Å². The Kier molecular flexibility index (Phi) is 3.69. The highest BCUT2D eigenvalue weighted by Gasteiger charge is 2.24. The summed E-state index contributed by atoms with van der Waals surface area (Å²) in [4.78, 5) is 20.2. The minimum atomic E-state index is -1.95. The smallest absolute Gasteiger partial charge is 0.337 e. The third-order valence-corrected chi connectivity index (χ3v) is 2.60. The maximum absolute atomic E-state index is 10.5. The van der Waals surface area contributed by atoms with E-state index in [4.69, 9.17) is 28.3 Å². The van der Waals surface area contributed by atoms with Crippen molar-refractivity contribution in [3.8, 4) is 0 Å². The van der Waals surface area contributed by atoms with Crippen LogP contribution in [0.25, 0.3) is 0 Å². The highest BCUT2D eigenvalue weighted by atomic mass is 35.5. The molecule has 0 saturated heterocycles. The second-order valence-electron chi connectivity index (χ2n) is 2.83. The molecule has 2 N–H and O–H groups in total. The second kappa shape index (κ2) is 4.65. The van der Waals surface area contributed by atoms with Crippen LogP contribution in [0.4, 0.5) is 5.69 Å². The van der Waals surface area contributed by atoms with Gasteiger partial charge in [0.05, 0.1) is 15.0 Å². The average Bonchev–Trinajstić information content (AvgIpc) is 2.20. The van der Waals surface area contributed by atoms with Gasteiger partial charge in [0.1, 0.15) is 0 Å². The summed E-state index contributed by atoms with van der Waals surface area (Å²) in [6.45, 7) is 0. The van der Waals surface area contributed by atoms with Gasteiger partial charge in [0.2, 0.25) is 0 Å². The maximum atomic E-state index is 10.5. The Morgan fingerprint density at radius 2 is 2.00 bits per heavy atom. The van der Waals surface area contributed by atoms with E-state index in [1.165, 1.54) is 0 Å². The summed E-state index contributed by atoms with van der Waals surface area (Å²) in [5.41, 5.74) is -0.752. The van der Waals surface area contributed by atoms with E-state index in [1.807, 2.05) is 0 Å². The number of carboxylic acid groups (broad SMARTS) is 1. The number of carboxylic acids is 1. The molecule has 0 saturated carbocycles. The van der Waals surface area contributed by atoms with E-state index in [0.717, 1.165) is 12.1 Å². The molecule has 0 aliphatic carbocycles. The minimum Gasteiger partial charge on any atom is -0.479 e. The molecule has 0 aliphatic rings. The molecular weight excluding hydrogens is 261 g/mol. The van der Waals surface area contributed by atoms with Crippen molar-refractivity contribution < 1.29 is 19.9 Å². The number of aliphatic carboxylic acids is 1. The zero-order chi connectivity index (χ0) is 12.5. The van der Waals surface area contributed by atoms with E-state index in [1.54, 1.807) is 0 Å². The molecule has 0 radical (unpaired) electrons.